The lowest BCUT2D eigenvalue weighted by atomic mass is 10.2. The van der Waals surface area contributed by atoms with Crippen LogP contribution in [-0.4, -0.2) is 40.6 Å². The lowest BCUT2D eigenvalue weighted by Gasteiger charge is -2.23. The van der Waals surface area contributed by atoms with E-state index in [1.165, 1.54) is 0 Å². The third kappa shape index (κ3) is 6.67. The third-order valence-corrected chi connectivity index (χ3v) is 6.24. The van der Waals surface area contributed by atoms with Crippen LogP contribution in [-0.2, 0) is 10.0 Å². The van der Waals surface area contributed by atoms with Crippen molar-refractivity contribution in [2.75, 3.05) is 42.1 Å². The average Bonchev–Trinajstić information content (AvgIpc) is 2.76. The predicted octanol–water partition coefficient (Wildman–Crippen LogP) is 4.64. The van der Waals surface area contributed by atoms with Gasteiger partial charge in [0.25, 0.3) is 10.0 Å². The minimum absolute atomic E-state index is 0. The van der Waals surface area contributed by atoms with Crippen LogP contribution >= 0.6 is 24.0 Å². The lowest BCUT2D eigenvalue weighted by molar-refractivity contribution is 0.570. The molecule has 0 spiro atoms. The van der Waals surface area contributed by atoms with Crippen LogP contribution in [0.1, 0.15) is 0 Å². The summed E-state index contributed by atoms with van der Waals surface area (Å²) >= 11 is 6.29. The van der Waals surface area contributed by atoms with E-state index in [1.54, 1.807) is 0 Å². The van der Waals surface area contributed by atoms with Gasteiger partial charge in [0.1, 0.15) is 22.3 Å². The fraction of sp³-hybridized carbons (Fsp3) is 0.190. The number of hydrogen-bond donors (Lipinski definition) is 3. The summed E-state index contributed by atoms with van der Waals surface area (Å²) < 4.78 is 55.1. The summed E-state index contributed by atoms with van der Waals surface area (Å²) in [7, 11) is -0.558. The number of likely N-dealkylation sites (N-methyl/N-ethyl adjacent to an activating group) is 2. The number of benzene rings is 2. The van der Waals surface area contributed by atoms with Gasteiger partial charge < -0.3 is 15.5 Å². The largest absolute Gasteiger partial charge is 0.372 e. The first kappa shape index (κ1) is 26.6. The van der Waals surface area contributed by atoms with Gasteiger partial charge in [0.2, 0.25) is 0 Å². The van der Waals surface area contributed by atoms with Crippen molar-refractivity contribution in [1.29, 1.82) is 0 Å². The second-order valence-corrected chi connectivity index (χ2v) is 8.95. The molecule has 0 unspecified atom stereocenters. The number of pyridine rings is 1. The molecule has 0 amide bonds. The van der Waals surface area contributed by atoms with Gasteiger partial charge in [-0.05, 0) is 37.4 Å². The smallest absolute Gasteiger partial charge is 0.266 e. The Balaban J connectivity index is 0.00000385. The van der Waals surface area contributed by atoms with Crippen molar-refractivity contribution in [3.8, 4) is 0 Å². The summed E-state index contributed by atoms with van der Waals surface area (Å²) in [5, 5.41) is 6.15. The standard InChI is InChI=1S/C21H22ClF2N5O2S.ClH/c1-25-9-10-29(2)19-6-4-3-5-17(19)27-18-12-16(24)20(11-15(18)22)32(30,31)28-21-8-7-14(23)13-26-21;/h3-8,11-13,25,27H,9-10H2,1-2H3,(H,26,28);1H. The lowest BCUT2D eigenvalue weighted by Crippen LogP contribution is -2.27. The summed E-state index contributed by atoms with van der Waals surface area (Å²) in [6, 6.07) is 11.6. The number of nitrogens with zero attached hydrogens (tertiary/aromatic N) is 2. The Bertz CT molecular complexity index is 1200. The third-order valence-electron chi connectivity index (χ3n) is 4.56. The van der Waals surface area contributed by atoms with E-state index in [0.717, 1.165) is 49.2 Å². The second-order valence-electron chi connectivity index (χ2n) is 6.90. The average molecular weight is 518 g/mol. The molecule has 1 heterocycles. The number of halogens is 4. The molecule has 7 nitrogen and oxygen atoms in total. The molecule has 12 heteroatoms. The maximum absolute atomic E-state index is 14.8. The van der Waals surface area contributed by atoms with E-state index in [4.69, 9.17) is 11.6 Å². The van der Waals surface area contributed by atoms with E-state index >= 15 is 0 Å². The van der Waals surface area contributed by atoms with Crippen LogP contribution in [0.2, 0.25) is 5.02 Å². The van der Waals surface area contributed by atoms with Crippen LogP contribution in [0, 0.1) is 11.6 Å². The molecule has 3 rings (SSSR count). The summed E-state index contributed by atoms with van der Waals surface area (Å²) in [4.78, 5) is 4.98. The van der Waals surface area contributed by atoms with Crippen molar-refractivity contribution in [2.24, 2.45) is 0 Å². The summed E-state index contributed by atoms with van der Waals surface area (Å²) in [5.41, 5.74) is 1.74. The van der Waals surface area contributed by atoms with E-state index in [2.05, 4.69) is 20.3 Å². The van der Waals surface area contributed by atoms with Crippen molar-refractivity contribution >= 4 is 56.9 Å². The van der Waals surface area contributed by atoms with Gasteiger partial charge in [-0.1, -0.05) is 23.7 Å². The SMILES string of the molecule is CNCCN(C)c1ccccc1Nc1cc(F)c(S(=O)(=O)Nc2ccc(F)cn2)cc1Cl.Cl. The van der Waals surface area contributed by atoms with Gasteiger partial charge in [-0.3, -0.25) is 4.72 Å². The number of para-hydroxylation sites is 2. The Morgan fingerprint density at radius 2 is 1.82 bits per heavy atom. The highest BCUT2D eigenvalue weighted by molar-refractivity contribution is 7.92. The Hall–Kier alpha value is -2.66. The van der Waals surface area contributed by atoms with Crippen LogP contribution in [0.3, 0.4) is 0 Å². The Labute approximate surface area is 202 Å². The highest BCUT2D eigenvalue weighted by Gasteiger charge is 2.22. The first-order valence-electron chi connectivity index (χ1n) is 9.56. The number of sulfonamides is 1. The number of hydrogen-bond acceptors (Lipinski definition) is 6. The first-order chi connectivity index (χ1) is 15.2. The topological polar surface area (TPSA) is 86.4 Å². The van der Waals surface area contributed by atoms with Gasteiger partial charge in [-0.15, -0.1) is 12.4 Å². The predicted molar refractivity (Wildman–Crippen MR) is 131 cm³/mol. The normalized spacial score (nSPS) is 10.9. The molecule has 0 saturated carbocycles. The Morgan fingerprint density at radius 1 is 1.09 bits per heavy atom. The fourth-order valence-corrected chi connectivity index (χ4v) is 4.29. The zero-order valence-corrected chi connectivity index (χ0v) is 20.2. The fourth-order valence-electron chi connectivity index (χ4n) is 2.92. The molecule has 0 atom stereocenters. The molecule has 3 aromatic rings. The second kappa shape index (κ2) is 11.5. The van der Waals surface area contributed by atoms with Gasteiger partial charge >= 0.3 is 0 Å². The quantitative estimate of drug-likeness (QED) is 0.383. The molecule has 1 aromatic heterocycles. The molecule has 2 aromatic carbocycles. The van der Waals surface area contributed by atoms with Crippen molar-refractivity contribution in [1.82, 2.24) is 10.3 Å². The minimum atomic E-state index is -4.34. The molecule has 0 aliphatic rings. The van der Waals surface area contributed by atoms with E-state index < -0.39 is 26.6 Å². The van der Waals surface area contributed by atoms with Crippen molar-refractivity contribution in [3.63, 3.8) is 0 Å². The zero-order chi connectivity index (χ0) is 23.3. The van der Waals surface area contributed by atoms with Gasteiger partial charge in [0.15, 0.2) is 0 Å². The number of nitrogens with one attached hydrogen (secondary N) is 3. The molecular weight excluding hydrogens is 495 g/mol. The molecule has 0 radical (unpaired) electrons. The summed E-state index contributed by atoms with van der Waals surface area (Å²) in [5.74, 6) is -1.79. The molecule has 0 saturated heterocycles. The van der Waals surface area contributed by atoms with E-state index in [1.807, 2.05) is 43.3 Å². The van der Waals surface area contributed by atoms with E-state index in [9.17, 15) is 17.2 Å². The van der Waals surface area contributed by atoms with Gasteiger partial charge in [0.05, 0.1) is 28.3 Å². The summed E-state index contributed by atoms with van der Waals surface area (Å²) in [6.07, 6.45) is 0.846. The minimum Gasteiger partial charge on any atom is -0.372 e. The maximum atomic E-state index is 14.8. The van der Waals surface area contributed by atoms with Crippen molar-refractivity contribution in [3.05, 3.63) is 71.4 Å². The van der Waals surface area contributed by atoms with Crippen molar-refractivity contribution < 1.29 is 17.2 Å². The molecule has 3 N–H and O–H groups in total. The summed E-state index contributed by atoms with van der Waals surface area (Å²) in [6.45, 7) is 1.50. The Kier molecular flexibility index (Phi) is 9.24. The maximum Gasteiger partial charge on any atom is 0.266 e. The van der Waals surface area contributed by atoms with Crippen LogP contribution < -0.4 is 20.3 Å². The van der Waals surface area contributed by atoms with E-state index in [-0.39, 0.29) is 28.9 Å². The van der Waals surface area contributed by atoms with Crippen LogP contribution in [0.5, 0.6) is 0 Å². The highest BCUT2D eigenvalue weighted by atomic mass is 35.5. The highest BCUT2D eigenvalue weighted by Crippen LogP contribution is 2.34. The number of anilines is 4. The molecule has 33 heavy (non-hydrogen) atoms. The van der Waals surface area contributed by atoms with Crippen LogP contribution in [0.4, 0.5) is 31.7 Å². The zero-order valence-electron chi connectivity index (χ0n) is 17.8. The van der Waals surface area contributed by atoms with Crippen LogP contribution in [0.25, 0.3) is 0 Å². The number of aromatic nitrogens is 1. The number of rotatable bonds is 9. The molecular formula is C21H23Cl2F2N5O2S. The Morgan fingerprint density at radius 3 is 2.48 bits per heavy atom. The molecule has 0 fully saturated rings. The van der Waals surface area contributed by atoms with Gasteiger partial charge in [-0.25, -0.2) is 22.2 Å². The molecule has 0 aliphatic heterocycles. The monoisotopic (exact) mass is 517 g/mol. The van der Waals surface area contributed by atoms with Crippen LogP contribution in [0.15, 0.2) is 59.6 Å². The first-order valence-corrected chi connectivity index (χ1v) is 11.4. The molecule has 0 aliphatic carbocycles. The van der Waals surface area contributed by atoms with Gasteiger partial charge in [-0.2, -0.15) is 0 Å². The molecule has 178 valence electrons. The van der Waals surface area contributed by atoms with E-state index in [0.29, 0.717) is 5.69 Å². The molecule has 0 bridgehead atoms. The van der Waals surface area contributed by atoms with Gasteiger partial charge in [0, 0.05) is 26.2 Å². The van der Waals surface area contributed by atoms with Crippen molar-refractivity contribution in [2.45, 2.75) is 4.90 Å².